The van der Waals surface area contributed by atoms with Crippen molar-refractivity contribution in [2.75, 3.05) is 0 Å². The second-order valence-corrected chi connectivity index (χ2v) is 4.45. The van der Waals surface area contributed by atoms with Gasteiger partial charge in [-0.2, -0.15) is 5.10 Å². The van der Waals surface area contributed by atoms with Crippen molar-refractivity contribution in [3.05, 3.63) is 40.2 Å². The highest BCUT2D eigenvalue weighted by Crippen LogP contribution is 2.01. The monoisotopic (exact) mass is 277 g/mol. The molecule has 2 rings (SSSR count). The van der Waals surface area contributed by atoms with E-state index in [0.717, 1.165) is 5.69 Å². The fourth-order valence-electron chi connectivity index (χ4n) is 1.67. The molecule has 19 heavy (non-hydrogen) atoms. The van der Waals surface area contributed by atoms with E-state index in [1.165, 1.54) is 0 Å². The zero-order valence-electron chi connectivity index (χ0n) is 10.8. The number of aryl methyl sites for hydroxylation is 1. The van der Waals surface area contributed by atoms with Gasteiger partial charge in [-0.15, -0.1) is 0 Å². The first-order valence-electron chi connectivity index (χ1n) is 5.96. The molecular formula is C12H15N5OS. The van der Waals surface area contributed by atoms with Crippen LogP contribution in [0.15, 0.2) is 18.3 Å². The van der Waals surface area contributed by atoms with E-state index in [9.17, 15) is 4.79 Å². The molecule has 0 unspecified atom stereocenters. The SMILES string of the molecule is CCn1c(CNC(=O)c2ccc(C)nc2)n[nH]c1=S. The topological polar surface area (TPSA) is 75.6 Å². The highest BCUT2D eigenvalue weighted by molar-refractivity contribution is 7.71. The van der Waals surface area contributed by atoms with E-state index in [1.807, 2.05) is 18.4 Å². The Balaban J connectivity index is 2.04. The van der Waals surface area contributed by atoms with Crippen LogP contribution in [0.2, 0.25) is 0 Å². The molecule has 100 valence electrons. The van der Waals surface area contributed by atoms with E-state index < -0.39 is 0 Å². The number of nitrogens with zero attached hydrogens (tertiary/aromatic N) is 3. The fraction of sp³-hybridized carbons (Fsp3) is 0.333. The molecule has 0 atom stereocenters. The van der Waals surface area contributed by atoms with Crippen molar-refractivity contribution in [2.24, 2.45) is 0 Å². The van der Waals surface area contributed by atoms with Crippen molar-refractivity contribution < 1.29 is 4.79 Å². The molecule has 0 saturated heterocycles. The van der Waals surface area contributed by atoms with Gasteiger partial charge in [0.2, 0.25) is 0 Å². The summed E-state index contributed by atoms with van der Waals surface area (Å²) in [7, 11) is 0. The molecule has 0 bridgehead atoms. The smallest absolute Gasteiger partial charge is 0.253 e. The van der Waals surface area contributed by atoms with E-state index in [2.05, 4.69) is 20.5 Å². The maximum atomic E-state index is 11.9. The van der Waals surface area contributed by atoms with Crippen molar-refractivity contribution in [1.29, 1.82) is 0 Å². The highest BCUT2D eigenvalue weighted by atomic mass is 32.1. The molecule has 2 heterocycles. The van der Waals surface area contributed by atoms with Crippen LogP contribution < -0.4 is 5.32 Å². The van der Waals surface area contributed by atoms with Crippen LogP contribution >= 0.6 is 12.2 Å². The summed E-state index contributed by atoms with van der Waals surface area (Å²) >= 11 is 5.08. The zero-order chi connectivity index (χ0) is 13.8. The number of rotatable bonds is 4. The number of hydrogen-bond donors (Lipinski definition) is 2. The summed E-state index contributed by atoms with van der Waals surface area (Å²) in [6.45, 7) is 4.89. The van der Waals surface area contributed by atoms with Crippen LogP contribution in [0.3, 0.4) is 0 Å². The predicted molar refractivity (Wildman–Crippen MR) is 73.2 cm³/mol. The number of nitrogens with one attached hydrogen (secondary N) is 2. The van der Waals surface area contributed by atoms with Crippen molar-refractivity contribution >= 4 is 18.1 Å². The number of pyridine rings is 1. The number of hydrogen-bond acceptors (Lipinski definition) is 4. The van der Waals surface area contributed by atoms with Crippen molar-refractivity contribution in [3.8, 4) is 0 Å². The molecule has 1 amide bonds. The molecule has 0 aliphatic rings. The van der Waals surface area contributed by atoms with E-state index in [0.29, 0.717) is 29.2 Å². The maximum absolute atomic E-state index is 11.9. The lowest BCUT2D eigenvalue weighted by atomic mass is 10.2. The number of aromatic amines is 1. The Hall–Kier alpha value is -2.02. The molecular weight excluding hydrogens is 262 g/mol. The maximum Gasteiger partial charge on any atom is 0.253 e. The van der Waals surface area contributed by atoms with Crippen LogP contribution in [0.5, 0.6) is 0 Å². The van der Waals surface area contributed by atoms with Gasteiger partial charge < -0.3 is 9.88 Å². The minimum Gasteiger partial charge on any atom is -0.345 e. The highest BCUT2D eigenvalue weighted by Gasteiger charge is 2.08. The summed E-state index contributed by atoms with van der Waals surface area (Å²) in [5, 5.41) is 9.59. The first-order valence-corrected chi connectivity index (χ1v) is 6.37. The molecule has 0 fully saturated rings. The van der Waals surface area contributed by atoms with Gasteiger partial charge in [0.25, 0.3) is 5.91 Å². The van der Waals surface area contributed by atoms with E-state index in [-0.39, 0.29) is 5.91 Å². The Bertz CT molecular complexity index is 628. The molecule has 0 radical (unpaired) electrons. The Morgan fingerprint density at radius 3 is 2.95 bits per heavy atom. The van der Waals surface area contributed by atoms with Crippen LogP contribution in [0.1, 0.15) is 28.8 Å². The van der Waals surface area contributed by atoms with Crippen LogP contribution in [-0.2, 0) is 13.1 Å². The Morgan fingerprint density at radius 1 is 1.53 bits per heavy atom. The molecule has 0 aromatic carbocycles. The first-order chi connectivity index (χ1) is 9.11. The van der Waals surface area contributed by atoms with Crippen LogP contribution in [0, 0.1) is 11.7 Å². The third-order valence-electron chi connectivity index (χ3n) is 2.73. The Morgan fingerprint density at radius 2 is 2.32 bits per heavy atom. The van der Waals surface area contributed by atoms with Crippen LogP contribution in [0.25, 0.3) is 0 Å². The second-order valence-electron chi connectivity index (χ2n) is 4.06. The summed E-state index contributed by atoms with van der Waals surface area (Å²) in [4.78, 5) is 16.0. The van der Waals surface area contributed by atoms with E-state index >= 15 is 0 Å². The van der Waals surface area contributed by atoms with Gasteiger partial charge in [-0.05, 0) is 38.2 Å². The standard InChI is InChI=1S/C12H15N5OS/c1-3-17-10(15-16-12(17)19)7-14-11(18)9-5-4-8(2)13-6-9/h4-6H,3,7H2,1-2H3,(H,14,18)(H,16,19). The summed E-state index contributed by atoms with van der Waals surface area (Å²) in [5.74, 6) is 0.532. The quantitative estimate of drug-likeness (QED) is 0.832. The van der Waals surface area contributed by atoms with Gasteiger partial charge >= 0.3 is 0 Å². The summed E-state index contributed by atoms with van der Waals surface area (Å²) in [5.41, 5.74) is 1.41. The number of carbonyl (C=O) groups excluding carboxylic acids is 1. The molecule has 0 aliphatic carbocycles. The third kappa shape index (κ3) is 3.05. The lowest BCUT2D eigenvalue weighted by molar-refractivity contribution is 0.0949. The number of H-pyrrole nitrogens is 1. The molecule has 0 saturated carbocycles. The average molecular weight is 277 g/mol. The number of carbonyl (C=O) groups is 1. The first kappa shape index (κ1) is 13.4. The van der Waals surface area contributed by atoms with Gasteiger partial charge in [0.1, 0.15) is 0 Å². The van der Waals surface area contributed by atoms with Gasteiger partial charge in [-0.1, -0.05) is 0 Å². The normalized spacial score (nSPS) is 10.4. The van der Waals surface area contributed by atoms with Gasteiger partial charge in [-0.25, -0.2) is 0 Å². The lowest BCUT2D eigenvalue weighted by Gasteiger charge is -2.06. The van der Waals surface area contributed by atoms with Gasteiger partial charge in [0.05, 0.1) is 12.1 Å². The minimum atomic E-state index is -0.177. The minimum absolute atomic E-state index is 0.177. The second kappa shape index (κ2) is 5.75. The van der Waals surface area contributed by atoms with Crippen LogP contribution in [0.4, 0.5) is 0 Å². The van der Waals surface area contributed by atoms with Gasteiger partial charge in [-0.3, -0.25) is 14.9 Å². The van der Waals surface area contributed by atoms with Crippen LogP contribution in [-0.4, -0.2) is 25.7 Å². The van der Waals surface area contributed by atoms with Gasteiger partial charge in [0, 0.05) is 18.4 Å². The lowest BCUT2D eigenvalue weighted by Crippen LogP contribution is -2.24. The van der Waals surface area contributed by atoms with Crippen molar-refractivity contribution in [2.45, 2.75) is 26.9 Å². The van der Waals surface area contributed by atoms with E-state index in [4.69, 9.17) is 12.2 Å². The largest absolute Gasteiger partial charge is 0.345 e. The molecule has 7 heteroatoms. The zero-order valence-corrected chi connectivity index (χ0v) is 11.6. The number of amides is 1. The molecule has 0 aliphatic heterocycles. The van der Waals surface area contributed by atoms with Crippen molar-refractivity contribution in [1.82, 2.24) is 25.1 Å². The predicted octanol–water partition coefficient (Wildman–Crippen LogP) is 1.59. The summed E-state index contributed by atoms with van der Waals surface area (Å²) in [6, 6.07) is 3.55. The van der Waals surface area contributed by atoms with Gasteiger partial charge in [0.15, 0.2) is 10.6 Å². The average Bonchev–Trinajstić information content (AvgIpc) is 2.77. The Labute approximate surface area is 115 Å². The summed E-state index contributed by atoms with van der Waals surface area (Å²) < 4.78 is 2.40. The Kier molecular flexibility index (Phi) is 4.06. The molecule has 0 spiro atoms. The molecule has 2 aromatic rings. The number of aromatic nitrogens is 4. The molecule has 2 aromatic heterocycles. The van der Waals surface area contributed by atoms with E-state index in [1.54, 1.807) is 18.3 Å². The molecule has 6 nitrogen and oxygen atoms in total. The summed E-state index contributed by atoms with van der Waals surface area (Å²) in [6.07, 6.45) is 1.56. The molecule has 2 N–H and O–H groups in total. The third-order valence-corrected chi connectivity index (χ3v) is 3.05. The van der Waals surface area contributed by atoms with Crippen molar-refractivity contribution in [3.63, 3.8) is 0 Å². The fourth-order valence-corrected chi connectivity index (χ4v) is 1.95.